The van der Waals surface area contributed by atoms with Crippen LogP contribution in [0.2, 0.25) is 0 Å². The Morgan fingerprint density at radius 3 is 1.78 bits per heavy atom. The predicted octanol–water partition coefficient (Wildman–Crippen LogP) is 7.83. The number of imidazole rings is 2. The van der Waals surface area contributed by atoms with Gasteiger partial charge in [-0.25, -0.2) is 9.97 Å². The summed E-state index contributed by atoms with van der Waals surface area (Å²) in [6, 6.07) is 37.2. The summed E-state index contributed by atoms with van der Waals surface area (Å²) in [6.07, 6.45) is 3.61. The van der Waals surface area contributed by atoms with Crippen molar-refractivity contribution in [2.24, 2.45) is 0 Å². The van der Waals surface area contributed by atoms with Gasteiger partial charge in [-0.1, -0.05) is 79.9 Å². The average molecular weight is 465 g/mol. The van der Waals surface area contributed by atoms with E-state index in [-0.39, 0.29) is 0 Å². The zero-order valence-electron chi connectivity index (χ0n) is 19.8. The van der Waals surface area contributed by atoms with E-state index in [1.54, 1.807) is 6.08 Å². The molecule has 0 saturated heterocycles. The van der Waals surface area contributed by atoms with E-state index >= 15 is 0 Å². The van der Waals surface area contributed by atoms with Crippen molar-refractivity contribution in [2.75, 3.05) is 0 Å². The molecule has 0 N–H and O–H groups in total. The molecule has 0 aliphatic heterocycles. The molecular formula is C32H24N4. The van der Waals surface area contributed by atoms with Gasteiger partial charge in [-0.05, 0) is 54.6 Å². The molecule has 0 bridgehead atoms. The van der Waals surface area contributed by atoms with Gasteiger partial charge >= 0.3 is 0 Å². The van der Waals surface area contributed by atoms with Crippen LogP contribution in [0.15, 0.2) is 122 Å². The molecule has 36 heavy (non-hydrogen) atoms. The number of para-hydroxylation sites is 4. The van der Waals surface area contributed by atoms with Crippen LogP contribution in [0.4, 0.5) is 0 Å². The first-order valence-corrected chi connectivity index (χ1v) is 11.8. The van der Waals surface area contributed by atoms with Crippen LogP contribution in [-0.4, -0.2) is 19.1 Å². The van der Waals surface area contributed by atoms with Crippen LogP contribution >= 0.6 is 0 Å². The number of hydrogen-bond donors (Lipinski definition) is 0. The second-order valence-electron chi connectivity index (χ2n) is 8.46. The number of hydrogen-bond acceptors (Lipinski definition) is 2. The first kappa shape index (κ1) is 21.6. The summed E-state index contributed by atoms with van der Waals surface area (Å²) in [5, 5.41) is 0. The Morgan fingerprint density at radius 2 is 1.14 bits per heavy atom. The molecule has 172 valence electrons. The van der Waals surface area contributed by atoms with Gasteiger partial charge in [-0.3, -0.25) is 9.13 Å². The van der Waals surface area contributed by atoms with Gasteiger partial charge in [0, 0.05) is 22.5 Å². The number of aromatic nitrogens is 4. The van der Waals surface area contributed by atoms with Crippen molar-refractivity contribution in [3.63, 3.8) is 0 Å². The Hall–Kier alpha value is -4.96. The van der Waals surface area contributed by atoms with Crippen LogP contribution in [0.1, 0.15) is 11.4 Å². The van der Waals surface area contributed by atoms with E-state index in [1.807, 2.05) is 42.5 Å². The lowest BCUT2D eigenvalue weighted by molar-refractivity contribution is 1.05. The lowest BCUT2D eigenvalue weighted by Gasteiger charge is -2.13. The van der Waals surface area contributed by atoms with Gasteiger partial charge < -0.3 is 0 Å². The average Bonchev–Trinajstić information content (AvgIpc) is 3.53. The van der Waals surface area contributed by atoms with E-state index in [1.165, 1.54) is 0 Å². The molecule has 2 heterocycles. The summed E-state index contributed by atoms with van der Waals surface area (Å²) < 4.78 is 4.34. The lowest BCUT2D eigenvalue weighted by atomic mass is 10.1. The summed E-state index contributed by atoms with van der Waals surface area (Å²) in [5.74, 6) is 1.71. The SMILES string of the molecule is C=Cc1nc(-c2cccc(-c3nc4ccccc4n3-c3ccccc3)c2)n(-c2ccccc2)c1C=C. The minimum Gasteiger partial charge on any atom is -0.292 e. The van der Waals surface area contributed by atoms with Crippen LogP contribution in [0.25, 0.3) is 57.3 Å². The van der Waals surface area contributed by atoms with Crippen LogP contribution in [0.3, 0.4) is 0 Å². The molecule has 0 atom stereocenters. The maximum Gasteiger partial charge on any atom is 0.145 e. The van der Waals surface area contributed by atoms with E-state index in [0.29, 0.717) is 0 Å². The summed E-state index contributed by atoms with van der Waals surface area (Å²) in [7, 11) is 0. The van der Waals surface area contributed by atoms with Gasteiger partial charge in [-0.15, -0.1) is 0 Å². The first-order valence-electron chi connectivity index (χ1n) is 11.8. The molecule has 0 spiro atoms. The molecule has 4 heteroatoms. The van der Waals surface area contributed by atoms with Crippen molar-refractivity contribution >= 4 is 23.2 Å². The van der Waals surface area contributed by atoms with Gasteiger partial charge in [0.05, 0.1) is 22.4 Å². The molecule has 6 aromatic rings. The lowest BCUT2D eigenvalue weighted by Crippen LogP contribution is -2.00. The Balaban J connectivity index is 1.58. The Labute approximate surface area is 210 Å². The fourth-order valence-corrected chi connectivity index (χ4v) is 4.68. The van der Waals surface area contributed by atoms with E-state index in [4.69, 9.17) is 9.97 Å². The second kappa shape index (κ2) is 9.01. The Bertz CT molecular complexity index is 1710. The fraction of sp³-hybridized carbons (Fsp3) is 0. The van der Waals surface area contributed by atoms with E-state index in [9.17, 15) is 0 Å². The van der Waals surface area contributed by atoms with Crippen molar-refractivity contribution < 1.29 is 0 Å². The number of nitrogens with zero attached hydrogens (tertiary/aromatic N) is 4. The van der Waals surface area contributed by atoms with Crippen LogP contribution in [0, 0.1) is 0 Å². The van der Waals surface area contributed by atoms with Crippen molar-refractivity contribution in [1.82, 2.24) is 19.1 Å². The molecule has 0 fully saturated rings. The van der Waals surface area contributed by atoms with Crippen molar-refractivity contribution in [2.45, 2.75) is 0 Å². The minimum atomic E-state index is 0.797. The molecule has 0 radical (unpaired) electrons. The molecule has 0 saturated carbocycles. The normalized spacial score (nSPS) is 11.0. The second-order valence-corrected chi connectivity index (χ2v) is 8.46. The molecule has 0 aliphatic rings. The maximum absolute atomic E-state index is 5.03. The van der Waals surface area contributed by atoms with Gasteiger partial charge in [0.15, 0.2) is 0 Å². The summed E-state index contributed by atoms with van der Waals surface area (Å²) in [4.78, 5) is 9.98. The highest BCUT2D eigenvalue weighted by molar-refractivity contribution is 5.84. The van der Waals surface area contributed by atoms with Crippen LogP contribution < -0.4 is 0 Å². The molecule has 0 amide bonds. The molecule has 2 aromatic heterocycles. The quantitative estimate of drug-likeness (QED) is 0.252. The third-order valence-electron chi connectivity index (χ3n) is 6.30. The monoisotopic (exact) mass is 464 g/mol. The van der Waals surface area contributed by atoms with Crippen molar-refractivity contribution in [3.05, 3.63) is 134 Å². The van der Waals surface area contributed by atoms with Gasteiger partial charge in [0.1, 0.15) is 11.6 Å². The zero-order chi connectivity index (χ0) is 24.5. The van der Waals surface area contributed by atoms with Gasteiger partial charge in [0.2, 0.25) is 0 Å². The summed E-state index contributed by atoms with van der Waals surface area (Å²) in [5.41, 5.74) is 7.81. The highest BCUT2D eigenvalue weighted by atomic mass is 15.1. The van der Waals surface area contributed by atoms with E-state index in [0.717, 1.165) is 56.6 Å². The van der Waals surface area contributed by atoms with Crippen LogP contribution in [0.5, 0.6) is 0 Å². The van der Waals surface area contributed by atoms with Crippen molar-refractivity contribution in [1.29, 1.82) is 0 Å². The molecule has 4 nitrogen and oxygen atoms in total. The maximum atomic E-state index is 5.03. The van der Waals surface area contributed by atoms with Crippen molar-refractivity contribution in [3.8, 4) is 34.2 Å². The van der Waals surface area contributed by atoms with E-state index < -0.39 is 0 Å². The number of benzene rings is 4. The fourth-order valence-electron chi connectivity index (χ4n) is 4.68. The topological polar surface area (TPSA) is 35.6 Å². The minimum absolute atomic E-state index is 0.797. The smallest absolute Gasteiger partial charge is 0.145 e. The number of fused-ring (bicyclic) bond motifs is 1. The standard InChI is InChI=1S/C32H24N4/c1-3-27-29(4-2)35(25-16-7-5-8-17-25)31(33-27)23-14-13-15-24(22-23)32-34-28-20-11-12-21-30(28)36(32)26-18-9-6-10-19-26/h3-22H,1-2H2. The molecular weight excluding hydrogens is 440 g/mol. The molecule has 4 aromatic carbocycles. The van der Waals surface area contributed by atoms with E-state index in [2.05, 4.69) is 95.1 Å². The Kier molecular flexibility index (Phi) is 5.39. The highest BCUT2D eigenvalue weighted by Gasteiger charge is 2.19. The molecule has 0 unspecified atom stereocenters. The predicted molar refractivity (Wildman–Crippen MR) is 149 cm³/mol. The van der Waals surface area contributed by atoms with Gasteiger partial charge in [0.25, 0.3) is 0 Å². The zero-order valence-corrected chi connectivity index (χ0v) is 19.8. The molecule has 6 rings (SSSR count). The largest absolute Gasteiger partial charge is 0.292 e. The molecule has 0 aliphatic carbocycles. The highest BCUT2D eigenvalue weighted by Crippen LogP contribution is 2.33. The third-order valence-corrected chi connectivity index (χ3v) is 6.30. The van der Waals surface area contributed by atoms with Gasteiger partial charge in [-0.2, -0.15) is 0 Å². The number of rotatable bonds is 6. The third kappa shape index (κ3) is 3.56. The first-order chi connectivity index (χ1) is 17.8. The summed E-state index contributed by atoms with van der Waals surface area (Å²) in [6.45, 7) is 8.02. The van der Waals surface area contributed by atoms with Crippen LogP contribution in [-0.2, 0) is 0 Å². The Morgan fingerprint density at radius 1 is 0.556 bits per heavy atom. The summed E-state index contributed by atoms with van der Waals surface area (Å²) >= 11 is 0.